The molecule has 0 spiro atoms. The second-order valence-electron chi connectivity index (χ2n) is 4.45. The fourth-order valence-electron chi connectivity index (χ4n) is 2.02. The van der Waals surface area contributed by atoms with Crippen molar-refractivity contribution in [2.24, 2.45) is 0 Å². The van der Waals surface area contributed by atoms with Crippen LogP contribution in [0.15, 0.2) is 24.4 Å². The molecule has 1 amide bonds. The van der Waals surface area contributed by atoms with Crippen LogP contribution in [-0.2, 0) is 10.5 Å². The summed E-state index contributed by atoms with van der Waals surface area (Å²) >= 11 is 1.64. The molecule has 4 nitrogen and oxygen atoms in total. The van der Waals surface area contributed by atoms with Gasteiger partial charge < -0.3 is 10.2 Å². The number of amides is 1. The number of carbonyl (C=O) groups is 1. The Kier molecular flexibility index (Phi) is 10.0. The lowest BCUT2D eigenvalue weighted by Gasteiger charge is -2.33. The highest BCUT2D eigenvalue weighted by Crippen LogP contribution is 2.12. The molecule has 1 N–H and O–H groups in total. The molecule has 1 atom stereocenters. The number of carbonyl (C=O) groups excluding carboxylic acids is 1. The highest BCUT2D eigenvalue weighted by molar-refractivity contribution is 7.99. The Morgan fingerprint density at radius 3 is 2.95 bits per heavy atom. The lowest BCUT2D eigenvalue weighted by atomic mass is 10.2. The Labute approximate surface area is 136 Å². The van der Waals surface area contributed by atoms with Gasteiger partial charge in [-0.05, 0) is 19.1 Å². The number of thioether (sulfide) groups is 1. The van der Waals surface area contributed by atoms with E-state index in [1.54, 1.807) is 18.0 Å². The average Bonchev–Trinajstić information content (AvgIpc) is 2.40. The summed E-state index contributed by atoms with van der Waals surface area (Å²) < 4.78 is 0. The Bertz CT molecular complexity index is 394. The predicted octanol–water partition coefficient (Wildman–Crippen LogP) is 1.98. The molecular formula is C13H21Cl2N3OS. The molecule has 1 aliphatic rings. The van der Waals surface area contributed by atoms with Crippen LogP contribution >= 0.6 is 36.6 Å². The molecule has 20 heavy (non-hydrogen) atoms. The quantitative estimate of drug-likeness (QED) is 0.912. The molecule has 1 saturated heterocycles. The predicted molar refractivity (Wildman–Crippen MR) is 88.9 cm³/mol. The van der Waals surface area contributed by atoms with E-state index in [4.69, 9.17) is 0 Å². The van der Waals surface area contributed by atoms with Crippen LogP contribution < -0.4 is 5.32 Å². The molecule has 0 aromatic carbocycles. The molecule has 1 aliphatic heterocycles. The van der Waals surface area contributed by atoms with Crippen LogP contribution in [0.5, 0.6) is 0 Å². The van der Waals surface area contributed by atoms with E-state index in [9.17, 15) is 4.79 Å². The summed E-state index contributed by atoms with van der Waals surface area (Å²) in [6, 6.07) is 6.18. The van der Waals surface area contributed by atoms with E-state index in [0.29, 0.717) is 11.8 Å². The Morgan fingerprint density at radius 1 is 1.50 bits per heavy atom. The maximum atomic E-state index is 12.1. The van der Waals surface area contributed by atoms with Crippen molar-refractivity contribution in [3.05, 3.63) is 30.1 Å². The Balaban J connectivity index is 0.00000180. The third-order valence-electron chi connectivity index (χ3n) is 3.02. The van der Waals surface area contributed by atoms with Crippen LogP contribution in [0, 0.1) is 0 Å². The van der Waals surface area contributed by atoms with Crippen molar-refractivity contribution in [2.75, 3.05) is 25.4 Å². The molecule has 114 valence electrons. The molecule has 2 heterocycles. The van der Waals surface area contributed by atoms with Crippen molar-refractivity contribution in [2.45, 2.75) is 18.7 Å². The van der Waals surface area contributed by atoms with E-state index in [-0.39, 0.29) is 30.7 Å². The average molecular weight is 338 g/mol. The molecular weight excluding hydrogens is 317 g/mol. The number of hydrogen-bond acceptors (Lipinski definition) is 4. The number of halogens is 2. The molecule has 0 bridgehead atoms. The standard InChI is InChI=1S/C13H19N3OS.2ClH/c1-11-8-14-6-7-16(11)13(17)10-18-9-12-4-2-3-5-15-12;;/h2-5,11,14H,6-10H2,1H3;2*1H/t11-;;/m1../s1. The van der Waals surface area contributed by atoms with Gasteiger partial charge in [0.1, 0.15) is 0 Å². The maximum Gasteiger partial charge on any atom is 0.232 e. The number of pyridine rings is 1. The van der Waals surface area contributed by atoms with Gasteiger partial charge in [0.25, 0.3) is 0 Å². The largest absolute Gasteiger partial charge is 0.337 e. The lowest BCUT2D eigenvalue weighted by molar-refractivity contribution is -0.131. The summed E-state index contributed by atoms with van der Waals surface area (Å²) in [5, 5.41) is 3.29. The minimum absolute atomic E-state index is 0. The Morgan fingerprint density at radius 2 is 2.30 bits per heavy atom. The molecule has 1 fully saturated rings. The van der Waals surface area contributed by atoms with Gasteiger partial charge in [0.15, 0.2) is 0 Å². The van der Waals surface area contributed by atoms with Gasteiger partial charge in [0, 0.05) is 37.6 Å². The van der Waals surface area contributed by atoms with Gasteiger partial charge in [-0.3, -0.25) is 9.78 Å². The van der Waals surface area contributed by atoms with Crippen LogP contribution in [0.4, 0.5) is 0 Å². The zero-order valence-electron chi connectivity index (χ0n) is 11.4. The van der Waals surface area contributed by atoms with Gasteiger partial charge in [0.2, 0.25) is 5.91 Å². The topological polar surface area (TPSA) is 45.2 Å². The van der Waals surface area contributed by atoms with Crippen LogP contribution in [-0.4, -0.2) is 47.2 Å². The summed E-state index contributed by atoms with van der Waals surface area (Å²) in [4.78, 5) is 18.3. The highest BCUT2D eigenvalue weighted by Gasteiger charge is 2.22. The third kappa shape index (κ3) is 5.87. The monoisotopic (exact) mass is 337 g/mol. The molecule has 1 aromatic rings. The molecule has 7 heteroatoms. The van der Waals surface area contributed by atoms with E-state index in [1.165, 1.54) is 0 Å². The fourth-order valence-corrected chi connectivity index (χ4v) is 2.84. The molecule has 0 saturated carbocycles. The van der Waals surface area contributed by atoms with Gasteiger partial charge in [-0.1, -0.05) is 6.07 Å². The van der Waals surface area contributed by atoms with E-state index in [0.717, 1.165) is 31.1 Å². The van der Waals surface area contributed by atoms with Gasteiger partial charge in [-0.2, -0.15) is 0 Å². The number of hydrogen-bond donors (Lipinski definition) is 1. The molecule has 2 rings (SSSR count). The zero-order valence-corrected chi connectivity index (χ0v) is 13.9. The third-order valence-corrected chi connectivity index (χ3v) is 3.97. The van der Waals surface area contributed by atoms with Crippen LogP contribution in [0.25, 0.3) is 0 Å². The van der Waals surface area contributed by atoms with Crippen molar-refractivity contribution < 1.29 is 4.79 Å². The molecule has 0 radical (unpaired) electrons. The first kappa shape index (κ1) is 19.5. The highest BCUT2D eigenvalue weighted by atomic mass is 35.5. The van der Waals surface area contributed by atoms with Crippen LogP contribution in [0.2, 0.25) is 0 Å². The zero-order chi connectivity index (χ0) is 12.8. The van der Waals surface area contributed by atoms with Crippen LogP contribution in [0.3, 0.4) is 0 Å². The summed E-state index contributed by atoms with van der Waals surface area (Å²) in [7, 11) is 0. The minimum atomic E-state index is 0. The maximum absolute atomic E-state index is 12.1. The van der Waals surface area contributed by atoms with E-state index in [2.05, 4.69) is 17.2 Å². The van der Waals surface area contributed by atoms with Crippen molar-refractivity contribution >= 4 is 42.5 Å². The number of nitrogens with one attached hydrogen (secondary N) is 1. The van der Waals surface area contributed by atoms with Crippen molar-refractivity contribution in [3.8, 4) is 0 Å². The normalized spacial score (nSPS) is 17.9. The van der Waals surface area contributed by atoms with Crippen molar-refractivity contribution in [3.63, 3.8) is 0 Å². The molecule has 0 unspecified atom stereocenters. The van der Waals surface area contributed by atoms with E-state index < -0.39 is 0 Å². The number of aromatic nitrogens is 1. The van der Waals surface area contributed by atoms with Crippen molar-refractivity contribution in [1.82, 2.24) is 15.2 Å². The Hall–Kier alpha value is -0.490. The van der Waals surface area contributed by atoms with Crippen molar-refractivity contribution in [1.29, 1.82) is 0 Å². The first-order valence-corrected chi connectivity index (χ1v) is 7.40. The number of piperazine rings is 1. The number of nitrogens with zero attached hydrogens (tertiary/aromatic N) is 2. The summed E-state index contributed by atoms with van der Waals surface area (Å²) in [5.74, 6) is 1.58. The van der Waals surface area contributed by atoms with Gasteiger partial charge in [-0.25, -0.2) is 0 Å². The summed E-state index contributed by atoms with van der Waals surface area (Å²) in [6.45, 7) is 4.72. The van der Waals surface area contributed by atoms with E-state index >= 15 is 0 Å². The fraction of sp³-hybridized carbons (Fsp3) is 0.538. The van der Waals surface area contributed by atoms with E-state index in [1.807, 2.05) is 23.1 Å². The lowest BCUT2D eigenvalue weighted by Crippen LogP contribution is -2.52. The summed E-state index contributed by atoms with van der Waals surface area (Å²) in [6.07, 6.45) is 1.79. The molecule has 1 aromatic heterocycles. The second kappa shape index (κ2) is 10.3. The second-order valence-corrected chi connectivity index (χ2v) is 5.44. The molecule has 0 aliphatic carbocycles. The smallest absolute Gasteiger partial charge is 0.232 e. The number of rotatable bonds is 4. The first-order chi connectivity index (χ1) is 8.77. The van der Waals surface area contributed by atoms with Gasteiger partial charge in [0.05, 0.1) is 11.4 Å². The van der Waals surface area contributed by atoms with Crippen LogP contribution in [0.1, 0.15) is 12.6 Å². The minimum Gasteiger partial charge on any atom is -0.337 e. The first-order valence-electron chi connectivity index (χ1n) is 6.25. The van der Waals surface area contributed by atoms with Gasteiger partial charge >= 0.3 is 0 Å². The van der Waals surface area contributed by atoms with Gasteiger partial charge in [-0.15, -0.1) is 36.6 Å². The SMILES string of the molecule is C[C@@H]1CNCCN1C(=O)CSCc1ccccn1.Cl.Cl. The summed E-state index contributed by atoms with van der Waals surface area (Å²) in [5.41, 5.74) is 1.03.